The zero-order valence-corrected chi connectivity index (χ0v) is 15.6. The van der Waals surface area contributed by atoms with Gasteiger partial charge in [0.05, 0.1) is 19.9 Å². The zero-order chi connectivity index (χ0) is 20.3. The number of hydrogen-bond acceptors (Lipinski definition) is 6. The second-order valence-corrected chi connectivity index (χ2v) is 6.41. The van der Waals surface area contributed by atoms with Crippen LogP contribution in [-0.2, 0) is 17.5 Å². The fraction of sp³-hybridized carbons (Fsp3) is 0.235. The lowest BCUT2D eigenvalue weighted by Gasteiger charge is -2.08. The SMILES string of the molecule is COc1ccc(OC)c(-c2csc(NC(=O)Cn3ccc(C(F)(F)F)n3)n2)c1. The predicted octanol–water partition coefficient (Wildman–Crippen LogP) is 3.68. The third-order valence-corrected chi connectivity index (χ3v) is 4.43. The van der Waals surface area contributed by atoms with Crippen molar-refractivity contribution < 1.29 is 27.4 Å². The molecular formula is C17H15F3N4O3S. The first-order valence-corrected chi connectivity index (χ1v) is 8.76. The van der Waals surface area contributed by atoms with Crippen LogP contribution in [0, 0.1) is 0 Å². The van der Waals surface area contributed by atoms with Gasteiger partial charge in [-0.2, -0.15) is 18.3 Å². The van der Waals surface area contributed by atoms with Gasteiger partial charge in [0, 0.05) is 17.1 Å². The Hall–Kier alpha value is -3.08. The Bertz CT molecular complexity index is 984. The second-order valence-electron chi connectivity index (χ2n) is 5.55. The number of nitrogens with one attached hydrogen (secondary N) is 1. The Balaban J connectivity index is 1.71. The van der Waals surface area contributed by atoms with Crippen LogP contribution >= 0.6 is 11.3 Å². The molecule has 0 atom stereocenters. The molecule has 1 aromatic carbocycles. The molecule has 0 radical (unpaired) electrons. The Morgan fingerprint density at radius 1 is 1.25 bits per heavy atom. The van der Waals surface area contributed by atoms with Crippen LogP contribution in [0.4, 0.5) is 18.3 Å². The van der Waals surface area contributed by atoms with E-state index < -0.39 is 17.8 Å². The largest absolute Gasteiger partial charge is 0.497 e. The maximum Gasteiger partial charge on any atom is 0.435 e. The van der Waals surface area contributed by atoms with Gasteiger partial charge in [-0.25, -0.2) is 4.98 Å². The van der Waals surface area contributed by atoms with E-state index in [2.05, 4.69) is 15.4 Å². The van der Waals surface area contributed by atoms with Gasteiger partial charge in [0.1, 0.15) is 18.0 Å². The molecule has 0 aliphatic heterocycles. The molecule has 1 amide bonds. The second kappa shape index (κ2) is 7.89. The van der Waals surface area contributed by atoms with Crippen LogP contribution in [0.1, 0.15) is 5.69 Å². The molecule has 2 heterocycles. The standard InChI is InChI=1S/C17H15F3N4O3S/c1-26-10-3-4-13(27-2)11(7-10)12-9-28-16(21-12)22-15(25)8-24-6-5-14(23-24)17(18,19)20/h3-7,9H,8H2,1-2H3,(H,21,22,25). The van der Waals surface area contributed by atoms with E-state index in [1.165, 1.54) is 25.6 Å². The van der Waals surface area contributed by atoms with Crippen molar-refractivity contribution in [3.05, 3.63) is 41.5 Å². The molecule has 0 aliphatic rings. The number of anilines is 1. The molecule has 0 fully saturated rings. The molecule has 7 nitrogen and oxygen atoms in total. The lowest BCUT2D eigenvalue weighted by atomic mass is 10.1. The molecule has 0 saturated heterocycles. The van der Waals surface area contributed by atoms with Crippen molar-refractivity contribution in [1.82, 2.24) is 14.8 Å². The maximum absolute atomic E-state index is 12.6. The van der Waals surface area contributed by atoms with Crippen LogP contribution < -0.4 is 14.8 Å². The molecule has 28 heavy (non-hydrogen) atoms. The lowest BCUT2D eigenvalue weighted by molar-refractivity contribution is -0.141. The normalized spacial score (nSPS) is 11.3. The summed E-state index contributed by atoms with van der Waals surface area (Å²) in [6.45, 7) is -0.368. The van der Waals surface area contributed by atoms with Crippen LogP contribution in [-0.4, -0.2) is 34.9 Å². The molecule has 2 aromatic heterocycles. The number of thiazole rings is 1. The summed E-state index contributed by atoms with van der Waals surface area (Å²) in [6, 6.07) is 6.05. The highest BCUT2D eigenvalue weighted by Gasteiger charge is 2.33. The van der Waals surface area contributed by atoms with E-state index in [1.807, 2.05) is 0 Å². The minimum absolute atomic E-state index is 0.299. The molecule has 1 N–H and O–H groups in total. The molecular weight excluding hydrogens is 397 g/mol. The molecule has 148 valence electrons. The van der Waals surface area contributed by atoms with Gasteiger partial charge >= 0.3 is 6.18 Å². The number of hydrogen-bond donors (Lipinski definition) is 1. The van der Waals surface area contributed by atoms with Crippen LogP contribution in [0.25, 0.3) is 11.3 Å². The van der Waals surface area contributed by atoms with Gasteiger partial charge in [-0.05, 0) is 24.3 Å². The number of halogens is 3. The Kier molecular flexibility index (Phi) is 5.54. The summed E-state index contributed by atoms with van der Waals surface area (Å²) in [6.07, 6.45) is -3.46. The number of carbonyl (C=O) groups is 1. The van der Waals surface area contributed by atoms with Crippen molar-refractivity contribution >= 4 is 22.4 Å². The van der Waals surface area contributed by atoms with E-state index in [4.69, 9.17) is 9.47 Å². The molecule has 0 saturated carbocycles. The molecule has 0 aliphatic carbocycles. The minimum atomic E-state index is -4.55. The molecule has 3 aromatic rings. The molecule has 3 rings (SSSR count). The van der Waals surface area contributed by atoms with Gasteiger partial charge in [0.2, 0.25) is 5.91 Å². The topological polar surface area (TPSA) is 78.3 Å². The van der Waals surface area contributed by atoms with Crippen LogP contribution in [0.15, 0.2) is 35.8 Å². The number of aromatic nitrogens is 3. The fourth-order valence-corrected chi connectivity index (χ4v) is 3.10. The first kappa shape index (κ1) is 19.7. The Morgan fingerprint density at radius 2 is 2.04 bits per heavy atom. The van der Waals surface area contributed by atoms with E-state index in [9.17, 15) is 18.0 Å². The quantitative estimate of drug-likeness (QED) is 0.668. The number of alkyl halides is 3. The first-order valence-electron chi connectivity index (χ1n) is 7.88. The van der Waals surface area contributed by atoms with E-state index in [0.29, 0.717) is 27.9 Å². The van der Waals surface area contributed by atoms with Gasteiger partial charge in [-0.3, -0.25) is 9.48 Å². The number of ether oxygens (including phenoxy) is 2. The van der Waals surface area contributed by atoms with Gasteiger partial charge in [0.25, 0.3) is 0 Å². The van der Waals surface area contributed by atoms with Crippen molar-refractivity contribution in [2.45, 2.75) is 12.7 Å². The van der Waals surface area contributed by atoms with E-state index >= 15 is 0 Å². The number of rotatable bonds is 6. The third kappa shape index (κ3) is 4.42. The van der Waals surface area contributed by atoms with Crippen molar-refractivity contribution in [3.63, 3.8) is 0 Å². The average Bonchev–Trinajstić information content (AvgIpc) is 3.30. The van der Waals surface area contributed by atoms with Crippen molar-refractivity contribution in [2.75, 3.05) is 19.5 Å². The third-order valence-electron chi connectivity index (χ3n) is 3.67. The zero-order valence-electron chi connectivity index (χ0n) is 14.8. The summed E-state index contributed by atoms with van der Waals surface area (Å²) < 4.78 is 49.1. The average molecular weight is 412 g/mol. The van der Waals surface area contributed by atoms with Crippen LogP contribution in [0.5, 0.6) is 11.5 Å². The van der Waals surface area contributed by atoms with Crippen molar-refractivity contribution in [3.8, 4) is 22.8 Å². The number of nitrogens with zero attached hydrogens (tertiary/aromatic N) is 3. The smallest absolute Gasteiger partial charge is 0.435 e. The molecule has 0 spiro atoms. The van der Waals surface area contributed by atoms with Gasteiger partial charge in [-0.1, -0.05) is 0 Å². The molecule has 11 heteroatoms. The highest BCUT2D eigenvalue weighted by molar-refractivity contribution is 7.14. The first-order chi connectivity index (χ1) is 13.3. The van der Waals surface area contributed by atoms with Crippen LogP contribution in [0.2, 0.25) is 0 Å². The summed E-state index contributed by atoms with van der Waals surface area (Å²) in [5.74, 6) is 0.657. The summed E-state index contributed by atoms with van der Waals surface area (Å²) in [5.41, 5.74) is 0.192. The highest BCUT2D eigenvalue weighted by Crippen LogP contribution is 2.35. The number of benzene rings is 1. The number of carbonyl (C=O) groups excluding carboxylic acids is 1. The Labute approximate surface area is 161 Å². The summed E-state index contributed by atoms with van der Waals surface area (Å²) in [7, 11) is 3.07. The van der Waals surface area contributed by atoms with Crippen LogP contribution in [0.3, 0.4) is 0 Å². The van der Waals surface area contributed by atoms with E-state index in [1.54, 1.807) is 23.6 Å². The predicted molar refractivity (Wildman–Crippen MR) is 96.5 cm³/mol. The summed E-state index contributed by atoms with van der Waals surface area (Å²) in [4.78, 5) is 16.4. The lowest BCUT2D eigenvalue weighted by Crippen LogP contribution is -2.19. The van der Waals surface area contributed by atoms with E-state index in [0.717, 1.165) is 16.9 Å². The van der Waals surface area contributed by atoms with E-state index in [-0.39, 0.29) is 6.54 Å². The monoisotopic (exact) mass is 412 g/mol. The van der Waals surface area contributed by atoms with Crippen molar-refractivity contribution in [1.29, 1.82) is 0 Å². The highest BCUT2D eigenvalue weighted by atomic mass is 32.1. The molecule has 0 unspecified atom stereocenters. The Morgan fingerprint density at radius 3 is 2.68 bits per heavy atom. The summed E-state index contributed by atoms with van der Waals surface area (Å²) in [5, 5.41) is 7.91. The van der Waals surface area contributed by atoms with Crippen molar-refractivity contribution in [2.24, 2.45) is 0 Å². The number of methoxy groups -OCH3 is 2. The summed E-state index contributed by atoms with van der Waals surface area (Å²) >= 11 is 1.18. The molecule has 0 bridgehead atoms. The number of amides is 1. The fourth-order valence-electron chi connectivity index (χ4n) is 2.38. The minimum Gasteiger partial charge on any atom is -0.497 e. The van der Waals surface area contributed by atoms with Gasteiger partial charge in [-0.15, -0.1) is 11.3 Å². The van der Waals surface area contributed by atoms with Gasteiger partial charge in [0.15, 0.2) is 10.8 Å². The maximum atomic E-state index is 12.6. The van der Waals surface area contributed by atoms with Gasteiger partial charge < -0.3 is 14.8 Å².